The first-order valence-electron chi connectivity index (χ1n) is 6.85. The van der Waals surface area contributed by atoms with Gasteiger partial charge in [-0.25, -0.2) is 0 Å². The normalized spacial score (nSPS) is 11.7. The molecule has 1 aromatic rings. The molecule has 0 saturated carbocycles. The highest BCUT2D eigenvalue weighted by Crippen LogP contribution is 2.19. The molecule has 110 valence electrons. The molecule has 0 radical (unpaired) electrons. The number of nitrogens with two attached hydrogens (primary N) is 1. The molecule has 0 amide bonds. The molecule has 1 rings (SSSR count). The van der Waals surface area contributed by atoms with Gasteiger partial charge in [0.15, 0.2) is 0 Å². The number of unbranched alkanes of at least 4 members (excludes halogenated alkanes) is 3. The molecule has 3 nitrogen and oxygen atoms in total. The fourth-order valence-corrected chi connectivity index (χ4v) is 1.87. The summed E-state index contributed by atoms with van der Waals surface area (Å²) in [6.45, 7) is 2.96. The van der Waals surface area contributed by atoms with E-state index in [0.29, 0.717) is 6.42 Å². The maximum atomic E-state index is 8.99. The summed E-state index contributed by atoms with van der Waals surface area (Å²) in [7, 11) is 0. The van der Waals surface area contributed by atoms with Gasteiger partial charge in [0.1, 0.15) is 5.75 Å². The summed E-state index contributed by atoms with van der Waals surface area (Å²) in [6.07, 6.45) is 5.47. The van der Waals surface area contributed by atoms with E-state index in [2.05, 4.69) is 6.92 Å². The van der Waals surface area contributed by atoms with E-state index in [1.54, 1.807) is 0 Å². The lowest BCUT2D eigenvalue weighted by Crippen LogP contribution is -2.27. The van der Waals surface area contributed by atoms with Gasteiger partial charge in [-0.15, -0.1) is 12.4 Å². The third kappa shape index (κ3) is 7.41. The summed E-state index contributed by atoms with van der Waals surface area (Å²) >= 11 is 0. The van der Waals surface area contributed by atoms with Gasteiger partial charge in [-0.3, -0.25) is 0 Å². The van der Waals surface area contributed by atoms with Crippen molar-refractivity contribution in [3.63, 3.8) is 0 Å². The minimum absolute atomic E-state index is 0. The van der Waals surface area contributed by atoms with E-state index in [0.717, 1.165) is 24.3 Å². The Morgan fingerprint density at radius 2 is 1.95 bits per heavy atom. The van der Waals surface area contributed by atoms with Crippen LogP contribution in [0.5, 0.6) is 5.75 Å². The van der Waals surface area contributed by atoms with Crippen LogP contribution in [-0.4, -0.2) is 24.4 Å². The lowest BCUT2D eigenvalue weighted by Gasteiger charge is -2.13. The summed E-state index contributed by atoms with van der Waals surface area (Å²) < 4.78 is 5.79. The topological polar surface area (TPSA) is 55.5 Å². The van der Waals surface area contributed by atoms with E-state index in [9.17, 15) is 0 Å². The lowest BCUT2D eigenvalue weighted by atomic mass is 10.1. The number of aliphatic hydroxyl groups is 1. The minimum atomic E-state index is -0.213. The molecule has 1 aromatic carbocycles. The van der Waals surface area contributed by atoms with Crippen molar-refractivity contribution in [3.8, 4) is 5.75 Å². The summed E-state index contributed by atoms with van der Waals surface area (Å²) in [5.41, 5.74) is 6.84. The second-order valence-corrected chi connectivity index (χ2v) is 4.66. The maximum absolute atomic E-state index is 8.99. The zero-order valence-electron chi connectivity index (χ0n) is 11.7. The molecule has 0 aromatic heterocycles. The molecule has 0 spiro atoms. The second-order valence-electron chi connectivity index (χ2n) is 4.66. The Morgan fingerprint density at radius 3 is 2.63 bits per heavy atom. The standard InChI is InChI=1S/C15H25NO2.ClH/c1-2-3-4-7-10-18-15-9-6-5-8-13(15)11-14(16)12-17;/h5-6,8-9,14,17H,2-4,7,10-12,16H2,1H3;1H. The molecule has 0 fully saturated rings. The lowest BCUT2D eigenvalue weighted by molar-refractivity contribution is 0.262. The highest BCUT2D eigenvalue weighted by atomic mass is 35.5. The van der Waals surface area contributed by atoms with Crippen molar-refractivity contribution in [3.05, 3.63) is 29.8 Å². The molecule has 4 heteroatoms. The Labute approximate surface area is 122 Å². The summed E-state index contributed by atoms with van der Waals surface area (Å²) in [4.78, 5) is 0. The molecule has 0 saturated heterocycles. The smallest absolute Gasteiger partial charge is 0.122 e. The molecular formula is C15H26ClNO2. The highest BCUT2D eigenvalue weighted by Gasteiger charge is 2.07. The predicted octanol–water partition coefficient (Wildman–Crippen LogP) is 2.93. The van der Waals surface area contributed by atoms with Crippen LogP contribution in [-0.2, 0) is 6.42 Å². The molecule has 0 aliphatic heterocycles. The maximum Gasteiger partial charge on any atom is 0.122 e. The van der Waals surface area contributed by atoms with Crippen LogP contribution in [0.25, 0.3) is 0 Å². The van der Waals surface area contributed by atoms with Gasteiger partial charge in [0.05, 0.1) is 13.2 Å². The van der Waals surface area contributed by atoms with Crippen LogP contribution in [0.4, 0.5) is 0 Å². The van der Waals surface area contributed by atoms with Crippen LogP contribution in [0.3, 0.4) is 0 Å². The van der Waals surface area contributed by atoms with Gasteiger partial charge in [0, 0.05) is 6.04 Å². The van der Waals surface area contributed by atoms with Crippen molar-refractivity contribution in [2.45, 2.75) is 45.1 Å². The number of ether oxygens (including phenoxy) is 1. The average molecular weight is 288 g/mol. The van der Waals surface area contributed by atoms with E-state index in [1.165, 1.54) is 19.3 Å². The molecule has 19 heavy (non-hydrogen) atoms. The molecular weight excluding hydrogens is 262 g/mol. The first-order chi connectivity index (χ1) is 8.77. The minimum Gasteiger partial charge on any atom is -0.493 e. The van der Waals surface area contributed by atoms with Crippen LogP contribution in [0, 0.1) is 0 Å². The summed E-state index contributed by atoms with van der Waals surface area (Å²) in [6, 6.07) is 7.71. The first kappa shape index (κ1) is 18.2. The average Bonchev–Trinajstić information content (AvgIpc) is 2.40. The van der Waals surface area contributed by atoms with Gasteiger partial charge >= 0.3 is 0 Å². The third-order valence-electron chi connectivity index (χ3n) is 2.94. The van der Waals surface area contributed by atoms with Crippen molar-refractivity contribution < 1.29 is 9.84 Å². The first-order valence-corrected chi connectivity index (χ1v) is 6.85. The number of aliphatic hydroxyl groups excluding tert-OH is 1. The van der Waals surface area contributed by atoms with Gasteiger partial charge in [-0.1, -0.05) is 44.4 Å². The number of hydrogen-bond acceptors (Lipinski definition) is 3. The molecule has 0 heterocycles. The Hall–Kier alpha value is -0.770. The Balaban J connectivity index is 0.00000324. The Bertz CT molecular complexity index is 334. The largest absolute Gasteiger partial charge is 0.493 e. The molecule has 0 bridgehead atoms. The quantitative estimate of drug-likeness (QED) is 0.687. The monoisotopic (exact) mass is 287 g/mol. The van der Waals surface area contributed by atoms with Gasteiger partial charge in [0.2, 0.25) is 0 Å². The number of para-hydroxylation sites is 1. The van der Waals surface area contributed by atoms with Crippen molar-refractivity contribution >= 4 is 12.4 Å². The summed E-state index contributed by atoms with van der Waals surface area (Å²) in [5.74, 6) is 0.901. The van der Waals surface area contributed by atoms with E-state index in [4.69, 9.17) is 15.6 Å². The molecule has 1 atom stereocenters. The van der Waals surface area contributed by atoms with Gasteiger partial charge in [-0.05, 0) is 24.5 Å². The number of benzene rings is 1. The van der Waals surface area contributed by atoms with Crippen LogP contribution in [0.15, 0.2) is 24.3 Å². The highest BCUT2D eigenvalue weighted by molar-refractivity contribution is 5.85. The van der Waals surface area contributed by atoms with Gasteiger partial charge in [-0.2, -0.15) is 0 Å². The Morgan fingerprint density at radius 1 is 1.21 bits per heavy atom. The zero-order valence-corrected chi connectivity index (χ0v) is 12.5. The van der Waals surface area contributed by atoms with Crippen molar-refractivity contribution in [1.82, 2.24) is 0 Å². The zero-order chi connectivity index (χ0) is 13.2. The molecule has 1 unspecified atom stereocenters. The molecule has 0 aliphatic carbocycles. The number of hydrogen-bond donors (Lipinski definition) is 2. The van der Waals surface area contributed by atoms with Crippen molar-refractivity contribution in [2.75, 3.05) is 13.2 Å². The van der Waals surface area contributed by atoms with E-state index >= 15 is 0 Å². The van der Waals surface area contributed by atoms with Crippen molar-refractivity contribution in [2.24, 2.45) is 5.73 Å². The van der Waals surface area contributed by atoms with Crippen LogP contribution in [0.2, 0.25) is 0 Å². The summed E-state index contributed by atoms with van der Waals surface area (Å²) in [5, 5.41) is 8.99. The fourth-order valence-electron chi connectivity index (χ4n) is 1.87. The second kappa shape index (κ2) is 11.1. The Kier molecular flexibility index (Phi) is 10.6. The fraction of sp³-hybridized carbons (Fsp3) is 0.600. The SMILES string of the molecule is CCCCCCOc1ccccc1CC(N)CO.Cl. The van der Waals surface area contributed by atoms with E-state index in [-0.39, 0.29) is 25.1 Å². The van der Waals surface area contributed by atoms with Gasteiger partial charge < -0.3 is 15.6 Å². The van der Waals surface area contributed by atoms with Gasteiger partial charge in [0.25, 0.3) is 0 Å². The van der Waals surface area contributed by atoms with Crippen LogP contribution < -0.4 is 10.5 Å². The predicted molar refractivity (Wildman–Crippen MR) is 82.1 cm³/mol. The van der Waals surface area contributed by atoms with E-state index in [1.807, 2.05) is 24.3 Å². The van der Waals surface area contributed by atoms with Crippen LogP contribution >= 0.6 is 12.4 Å². The number of rotatable bonds is 9. The van der Waals surface area contributed by atoms with E-state index < -0.39 is 0 Å². The van der Waals surface area contributed by atoms with Crippen LogP contribution in [0.1, 0.15) is 38.2 Å². The molecule has 3 N–H and O–H groups in total. The molecule has 0 aliphatic rings. The van der Waals surface area contributed by atoms with Crippen molar-refractivity contribution in [1.29, 1.82) is 0 Å². The number of halogens is 1. The third-order valence-corrected chi connectivity index (χ3v) is 2.94.